The highest BCUT2D eigenvalue weighted by molar-refractivity contribution is 7.92. The molecule has 0 aliphatic carbocycles. The molecule has 0 bridgehead atoms. The SMILES string of the molecule is CCN(c1ccccc1)S(=O)(=O)c1ccc(OC(C)C(=O)NCCc2cccs2)cc1. The van der Waals surface area contributed by atoms with E-state index in [1.165, 1.54) is 21.3 Å². The quantitative estimate of drug-likeness (QED) is 0.497. The summed E-state index contributed by atoms with van der Waals surface area (Å²) in [5, 5.41) is 4.86. The first-order valence-corrected chi connectivity index (χ1v) is 12.4. The number of hydrogen-bond donors (Lipinski definition) is 1. The number of rotatable bonds is 10. The molecular formula is C23H26N2O4S2. The molecule has 3 rings (SSSR count). The van der Waals surface area contributed by atoms with Crippen molar-refractivity contribution < 1.29 is 17.9 Å². The molecule has 0 saturated heterocycles. The Morgan fingerprint density at radius 1 is 1.06 bits per heavy atom. The van der Waals surface area contributed by atoms with E-state index in [1.807, 2.05) is 23.6 Å². The summed E-state index contributed by atoms with van der Waals surface area (Å²) in [7, 11) is -3.70. The van der Waals surface area contributed by atoms with E-state index in [-0.39, 0.29) is 10.8 Å². The smallest absolute Gasteiger partial charge is 0.264 e. The third-order valence-electron chi connectivity index (χ3n) is 4.68. The number of amides is 1. The fourth-order valence-electron chi connectivity index (χ4n) is 3.07. The van der Waals surface area contributed by atoms with Crippen molar-refractivity contribution >= 4 is 33.0 Å². The summed E-state index contributed by atoms with van der Waals surface area (Å²) in [6.07, 6.45) is 0.0835. The first-order chi connectivity index (χ1) is 14.9. The van der Waals surface area contributed by atoms with Gasteiger partial charge in [0.05, 0.1) is 10.6 Å². The number of benzene rings is 2. The van der Waals surface area contributed by atoms with Crippen LogP contribution < -0.4 is 14.4 Å². The highest BCUT2D eigenvalue weighted by Crippen LogP contribution is 2.25. The first kappa shape index (κ1) is 22.8. The molecule has 1 heterocycles. The van der Waals surface area contributed by atoms with Crippen LogP contribution in [-0.4, -0.2) is 33.5 Å². The van der Waals surface area contributed by atoms with Crippen molar-refractivity contribution in [2.45, 2.75) is 31.3 Å². The van der Waals surface area contributed by atoms with Gasteiger partial charge in [-0.3, -0.25) is 9.10 Å². The second-order valence-electron chi connectivity index (χ2n) is 6.86. The number of ether oxygens (including phenoxy) is 1. The minimum Gasteiger partial charge on any atom is -0.481 e. The molecule has 0 radical (unpaired) electrons. The molecular weight excluding hydrogens is 432 g/mol. The Morgan fingerprint density at radius 2 is 1.77 bits per heavy atom. The molecule has 1 unspecified atom stereocenters. The summed E-state index contributed by atoms with van der Waals surface area (Å²) in [6, 6.07) is 19.1. The van der Waals surface area contributed by atoms with Crippen LogP contribution in [0.25, 0.3) is 0 Å². The van der Waals surface area contributed by atoms with Crippen LogP contribution in [0.1, 0.15) is 18.7 Å². The lowest BCUT2D eigenvalue weighted by Gasteiger charge is -2.23. The van der Waals surface area contributed by atoms with Gasteiger partial charge in [0.2, 0.25) is 0 Å². The van der Waals surface area contributed by atoms with Gasteiger partial charge in [-0.2, -0.15) is 0 Å². The molecule has 1 atom stereocenters. The number of carbonyl (C=O) groups excluding carboxylic acids is 1. The maximum absolute atomic E-state index is 13.0. The molecule has 8 heteroatoms. The third kappa shape index (κ3) is 5.86. The topological polar surface area (TPSA) is 75.7 Å². The minimum absolute atomic E-state index is 0.165. The molecule has 164 valence electrons. The van der Waals surface area contributed by atoms with Crippen LogP contribution in [0.5, 0.6) is 5.75 Å². The van der Waals surface area contributed by atoms with E-state index in [1.54, 1.807) is 61.6 Å². The molecule has 0 saturated carbocycles. The lowest BCUT2D eigenvalue weighted by molar-refractivity contribution is -0.127. The van der Waals surface area contributed by atoms with Crippen molar-refractivity contribution in [1.29, 1.82) is 0 Å². The summed E-state index contributed by atoms with van der Waals surface area (Å²) in [4.78, 5) is 13.6. The number of nitrogens with one attached hydrogen (secondary N) is 1. The van der Waals surface area contributed by atoms with Gasteiger partial charge in [-0.25, -0.2) is 8.42 Å². The Balaban J connectivity index is 1.60. The molecule has 31 heavy (non-hydrogen) atoms. The van der Waals surface area contributed by atoms with Gasteiger partial charge in [0, 0.05) is 18.0 Å². The van der Waals surface area contributed by atoms with E-state index in [2.05, 4.69) is 5.32 Å². The molecule has 0 aliphatic heterocycles. The van der Waals surface area contributed by atoms with Gasteiger partial charge in [-0.05, 0) is 68.1 Å². The van der Waals surface area contributed by atoms with Gasteiger partial charge in [-0.1, -0.05) is 24.3 Å². The number of para-hydroxylation sites is 1. The summed E-state index contributed by atoms with van der Waals surface area (Å²) >= 11 is 1.66. The van der Waals surface area contributed by atoms with E-state index >= 15 is 0 Å². The summed E-state index contributed by atoms with van der Waals surface area (Å²) in [5.74, 6) is 0.220. The van der Waals surface area contributed by atoms with Gasteiger partial charge in [0.15, 0.2) is 6.10 Å². The standard InChI is InChI=1S/C23H26N2O4S2/c1-3-25(19-8-5-4-6-9-19)31(27,28)22-13-11-20(12-14-22)29-18(2)23(26)24-16-15-21-10-7-17-30-21/h4-14,17-18H,3,15-16H2,1-2H3,(H,24,26). The highest BCUT2D eigenvalue weighted by Gasteiger charge is 2.23. The Hall–Kier alpha value is -2.84. The van der Waals surface area contributed by atoms with Gasteiger partial charge in [0.25, 0.3) is 15.9 Å². The molecule has 0 spiro atoms. The van der Waals surface area contributed by atoms with E-state index in [4.69, 9.17) is 4.74 Å². The lowest BCUT2D eigenvalue weighted by Crippen LogP contribution is -2.37. The molecule has 2 aromatic carbocycles. The molecule has 0 fully saturated rings. The van der Waals surface area contributed by atoms with Crippen LogP contribution >= 0.6 is 11.3 Å². The van der Waals surface area contributed by atoms with Crippen molar-refractivity contribution in [3.8, 4) is 5.75 Å². The lowest BCUT2D eigenvalue weighted by atomic mass is 10.3. The number of sulfonamides is 1. The molecule has 6 nitrogen and oxygen atoms in total. The fourth-order valence-corrected chi connectivity index (χ4v) is 5.25. The van der Waals surface area contributed by atoms with Crippen LogP contribution in [-0.2, 0) is 21.2 Å². The number of nitrogens with zero attached hydrogens (tertiary/aromatic N) is 1. The summed E-state index contributed by atoms with van der Waals surface area (Å²) in [5.41, 5.74) is 0.609. The Labute approximate surface area is 187 Å². The van der Waals surface area contributed by atoms with Crippen molar-refractivity contribution in [2.75, 3.05) is 17.4 Å². The van der Waals surface area contributed by atoms with Gasteiger partial charge in [-0.15, -0.1) is 11.3 Å². The van der Waals surface area contributed by atoms with E-state index in [0.29, 0.717) is 24.5 Å². The van der Waals surface area contributed by atoms with Crippen LogP contribution in [0.4, 0.5) is 5.69 Å². The summed E-state index contributed by atoms with van der Waals surface area (Å²) in [6.45, 7) is 4.31. The van der Waals surface area contributed by atoms with Crippen LogP contribution in [0.15, 0.2) is 77.0 Å². The zero-order chi connectivity index (χ0) is 22.3. The van der Waals surface area contributed by atoms with E-state index in [0.717, 1.165) is 6.42 Å². The summed E-state index contributed by atoms with van der Waals surface area (Å²) < 4.78 is 33.1. The van der Waals surface area contributed by atoms with Crippen molar-refractivity contribution in [2.24, 2.45) is 0 Å². The maximum Gasteiger partial charge on any atom is 0.264 e. The highest BCUT2D eigenvalue weighted by atomic mass is 32.2. The van der Waals surface area contributed by atoms with Crippen LogP contribution in [0, 0.1) is 0 Å². The van der Waals surface area contributed by atoms with Gasteiger partial charge < -0.3 is 10.1 Å². The third-order valence-corrected chi connectivity index (χ3v) is 7.53. The number of thiophene rings is 1. The Kier molecular flexibility index (Phi) is 7.70. The molecule has 1 aromatic heterocycles. The predicted molar refractivity (Wildman–Crippen MR) is 124 cm³/mol. The first-order valence-electron chi connectivity index (χ1n) is 10.1. The average molecular weight is 459 g/mol. The van der Waals surface area contributed by atoms with Gasteiger partial charge >= 0.3 is 0 Å². The molecule has 0 aliphatic rings. The Morgan fingerprint density at radius 3 is 2.39 bits per heavy atom. The second kappa shape index (κ2) is 10.5. The average Bonchev–Trinajstić information content (AvgIpc) is 3.28. The monoisotopic (exact) mass is 458 g/mol. The van der Waals surface area contributed by atoms with E-state index < -0.39 is 16.1 Å². The van der Waals surface area contributed by atoms with Crippen molar-refractivity contribution in [3.05, 3.63) is 77.0 Å². The number of carbonyl (C=O) groups is 1. The van der Waals surface area contributed by atoms with Crippen LogP contribution in [0.2, 0.25) is 0 Å². The minimum atomic E-state index is -3.70. The predicted octanol–water partition coefficient (Wildman–Crippen LogP) is 4.09. The zero-order valence-corrected chi connectivity index (χ0v) is 19.2. The molecule has 1 amide bonds. The largest absolute Gasteiger partial charge is 0.481 e. The zero-order valence-electron chi connectivity index (χ0n) is 17.5. The van der Waals surface area contributed by atoms with Crippen LogP contribution in [0.3, 0.4) is 0 Å². The van der Waals surface area contributed by atoms with Gasteiger partial charge in [0.1, 0.15) is 5.75 Å². The molecule has 3 aromatic rings. The number of hydrogen-bond acceptors (Lipinski definition) is 5. The van der Waals surface area contributed by atoms with E-state index in [9.17, 15) is 13.2 Å². The maximum atomic E-state index is 13.0. The molecule has 1 N–H and O–H groups in total. The van der Waals surface area contributed by atoms with Crippen molar-refractivity contribution in [3.63, 3.8) is 0 Å². The Bertz CT molecular complexity index is 1070. The fraction of sp³-hybridized carbons (Fsp3) is 0.261. The van der Waals surface area contributed by atoms with Crippen molar-refractivity contribution in [1.82, 2.24) is 5.32 Å². The normalized spacial score (nSPS) is 12.2. The second-order valence-corrected chi connectivity index (χ2v) is 9.75. The number of anilines is 1.